The van der Waals surface area contributed by atoms with Gasteiger partial charge in [0.1, 0.15) is 18.4 Å². The predicted octanol–water partition coefficient (Wildman–Crippen LogP) is 2.51. The Morgan fingerprint density at radius 3 is 2.26 bits per heavy atom. The molecule has 2 aromatic carbocycles. The quantitative estimate of drug-likeness (QED) is 0.373. The number of nitrogens with one attached hydrogen (secondary N) is 2. The number of carboxylic acid groups (broad SMARTS) is 1. The normalized spacial score (nSPS) is 13.4. The SMILES string of the molecule is COc1cccc(CC(NC(=O)OCc2ccccc2)C(O)C(=O)N[C@@H](CC(C)C)C(=O)O)c1. The van der Waals surface area contributed by atoms with Crippen LogP contribution >= 0.6 is 0 Å². The van der Waals surface area contributed by atoms with Crippen molar-refractivity contribution in [1.82, 2.24) is 10.6 Å². The minimum absolute atomic E-state index is 0.0102. The molecule has 2 amide bonds. The first-order valence-electron chi connectivity index (χ1n) is 11.0. The van der Waals surface area contributed by atoms with Gasteiger partial charge in [0.05, 0.1) is 13.2 Å². The Kier molecular flexibility index (Phi) is 10.3. The van der Waals surface area contributed by atoms with Gasteiger partial charge in [-0.2, -0.15) is 0 Å². The minimum Gasteiger partial charge on any atom is -0.497 e. The smallest absolute Gasteiger partial charge is 0.407 e. The molecule has 9 heteroatoms. The van der Waals surface area contributed by atoms with Gasteiger partial charge in [0.25, 0.3) is 5.91 Å². The highest BCUT2D eigenvalue weighted by Crippen LogP contribution is 2.16. The standard InChI is InChI=1S/C25H32N2O7/c1-16(2)12-21(24(30)31)26-23(29)22(28)20(14-18-10-7-11-19(13-18)33-3)27-25(32)34-15-17-8-5-4-6-9-17/h4-11,13,16,20-22,28H,12,14-15H2,1-3H3,(H,26,29)(H,27,32)(H,30,31)/t20?,21-,22?/m0/s1. The second-order valence-electron chi connectivity index (χ2n) is 8.34. The van der Waals surface area contributed by atoms with Crippen molar-refractivity contribution in [3.63, 3.8) is 0 Å². The number of aliphatic hydroxyl groups excluding tert-OH is 1. The van der Waals surface area contributed by atoms with E-state index in [2.05, 4.69) is 10.6 Å². The molecule has 2 unspecified atom stereocenters. The monoisotopic (exact) mass is 472 g/mol. The number of benzene rings is 2. The lowest BCUT2D eigenvalue weighted by Crippen LogP contribution is -2.54. The fourth-order valence-electron chi connectivity index (χ4n) is 3.34. The first-order chi connectivity index (χ1) is 16.2. The number of rotatable bonds is 12. The summed E-state index contributed by atoms with van der Waals surface area (Å²) in [6.07, 6.45) is -2.26. The van der Waals surface area contributed by atoms with Crippen molar-refractivity contribution in [2.24, 2.45) is 5.92 Å². The number of carbonyl (C=O) groups is 3. The first kappa shape index (κ1) is 26.7. The number of alkyl carbamates (subject to hydrolysis) is 1. The van der Waals surface area contributed by atoms with E-state index in [1.54, 1.807) is 36.4 Å². The Hall–Kier alpha value is -3.59. The number of carboxylic acids is 1. The van der Waals surface area contributed by atoms with Crippen LogP contribution in [0.2, 0.25) is 0 Å². The second-order valence-corrected chi connectivity index (χ2v) is 8.34. The summed E-state index contributed by atoms with van der Waals surface area (Å²) in [5.41, 5.74) is 1.47. The molecular formula is C25H32N2O7. The first-order valence-corrected chi connectivity index (χ1v) is 11.0. The number of hydrogen-bond donors (Lipinski definition) is 4. The van der Waals surface area contributed by atoms with Gasteiger partial charge in [-0.1, -0.05) is 56.3 Å². The van der Waals surface area contributed by atoms with Crippen LogP contribution < -0.4 is 15.4 Å². The molecule has 2 aromatic rings. The highest BCUT2D eigenvalue weighted by Gasteiger charge is 2.31. The van der Waals surface area contributed by atoms with Gasteiger partial charge in [-0.15, -0.1) is 0 Å². The summed E-state index contributed by atoms with van der Waals surface area (Å²) in [5, 5.41) is 25.1. The lowest BCUT2D eigenvalue weighted by Gasteiger charge is -2.25. The van der Waals surface area contributed by atoms with Crippen molar-refractivity contribution >= 4 is 18.0 Å². The molecule has 0 saturated carbocycles. The van der Waals surface area contributed by atoms with E-state index in [1.807, 2.05) is 32.0 Å². The third-order valence-corrected chi connectivity index (χ3v) is 5.08. The maximum absolute atomic E-state index is 12.7. The Labute approximate surface area is 199 Å². The summed E-state index contributed by atoms with van der Waals surface area (Å²) >= 11 is 0. The van der Waals surface area contributed by atoms with E-state index in [9.17, 15) is 24.6 Å². The molecular weight excluding hydrogens is 440 g/mol. The summed E-state index contributed by atoms with van der Waals surface area (Å²) in [5.74, 6) is -1.51. The van der Waals surface area contributed by atoms with E-state index in [0.717, 1.165) is 5.56 Å². The van der Waals surface area contributed by atoms with Crippen molar-refractivity contribution in [2.75, 3.05) is 7.11 Å². The maximum Gasteiger partial charge on any atom is 0.407 e. The molecule has 2 rings (SSSR count). The third-order valence-electron chi connectivity index (χ3n) is 5.08. The number of carbonyl (C=O) groups excluding carboxylic acids is 2. The van der Waals surface area contributed by atoms with Crippen molar-refractivity contribution in [2.45, 2.75) is 51.5 Å². The van der Waals surface area contributed by atoms with Crippen LogP contribution in [0, 0.1) is 5.92 Å². The molecule has 0 aliphatic rings. The van der Waals surface area contributed by atoms with Gasteiger partial charge in [0.15, 0.2) is 6.10 Å². The average Bonchev–Trinajstić information content (AvgIpc) is 2.81. The zero-order chi connectivity index (χ0) is 25.1. The van der Waals surface area contributed by atoms with Crippen LogP contribution in [0.1, 0.15) is 31.4 Å². The number of aliphatic hydroxyl groups is 1. The van der Waals surface area contributed by atoms with Gasteiger partial charge < -0.3 is 30.3 Å². The van der Waals surface area contributed by atoms with Gasteiger partial charge in [0.2, 0.25) is 0 Å². The minimum atomic E-state index is -1.72. The van der Waals surface area contributed by atoms with E-state index in [4.69, 9.17) is 9.47 Å². The predicted molar refractivity (Wildman–Crippen MR) is 125 cm³/mol. The van der Waals surface area contributed by atoms with Crippen molar-refractivity contribution in [3.8, 4) is 5.75 Å². The highest BCUT2D eigenvalue weighted by molar-refractivity contribution is 5.87. The molecule has 0 saturated heterocycles. The molecule has 9 nitrogen and oxygen atoms in total. The Bertz CT molecular complexity index is 949. The van der Waals surface area contributed by atoms with E-state index in [0.29, 0.717) is 11.3 Å². The van der Waals surface area contributed by atoms with Gasteiger partial charge in [-0.3, -0.25) is 4.79 Å². The molecule has 0 heterocycles. The Morgan fingerprint density at radius 2 is 1.65 bits per heavy atom. The number of aliphatic carboxylic acids is 1. The van der Waals surface area contributed by atoms with Crippen LogP contribution in [0.3, 0.4) is 0 Å². The van der Waals surface area contributed by atoms with Crippen LogP contribution in [0.15, 0.2) is 54.6 Å². The van der Waals surface area contributed by atoms with E-state index >= 15 is 0 Å². The van der Waals surface area contributed by atoms with E-state index < -0.39 is 36.2 Å². The van der Waals surface area contributed by atoms with Crippen LogP contribution in [0.25, 0.3) is 0 Å². The molecule has 0 spiro atoms. The molecule has 0 aromatic heterocycles. The van der Waals surface area contributed by atoms with Crippen LogP contribution in [0.5, 0.6) is 5.75 Å². The topological polar surface area (TPSA) is 134 Å². The molecule has 0 radical (unpaired) electrons. The van der Waals surface area contributed by atoms with E-state index in [-0.39, 0.29) is 25.4 Å². The number of hydrogen-bond acceptors (Lipinski definition) is 6. The van der Waals surface area contributed by atoms with E-state index in [1.165, 1.54) is 7.11 Å². The lowest BCUT2D eigenvalue weighted by molar-refractivity contribution is -0.144. The molecule has 0 aliphatic carbocycles. The second kappa shape index (κ2) is 13.2. The zero-order valence-electron chi connectivity index (χ0n) is 19.6. The molecule has 0 fully saturated rings. The Morgan fingerprint density at radius 1 is 0.971 bits per heavy atom. The van der Waals surface area contributed by atoms with Gasteiger partial charge in [0, 0.05) is 0 Å². The Balaban J connectivity index is 2.14. The molecule has 34 heavy (non-hydrogen) atoms. The third kappa shape index (κ3) is 8.74. The summed E-state index contributed by atoms with van der Waals surface area (Å²) < 4.78 is 10.4. The summed E-state index contributed by atoms with van der Waals surface area (Å²) in [6, 6.07) is 13.8. The van der Waals surface area contributed by atoms with Crippen molar-refractivity contribution < 1.29 is 34.1 Å². The summed E-state index contributed by atoms with van der Waals surface area (Å²) in [7, 11) is 1.51. The number of ether oxygens (including phenoxy) is 2. The fourth-order valence-corrected chi connectivity index (χ4v) is 3.34. The summed E-state index contributed by atoms with van der Waals surface area (Å²) in [6.45, 7) is 3.67. The van der Waals surface area contributed by atoms with Crippen LogP contribution in [-0.2, 0) is 27.4 Å². The average molecular weight is 473 g/mol. The lowest BCUT2D eigenvalue weighted by atomic mass is 9.99. The number of methoxy groups -OCH3 is 1. The maximum atomic E-state index is 12.7. The van der Waals surface area contributed by atoms with Crippen molar-refractivity contribution in [3.05, 3.63) is 65.7 Å². The van der Waals surface area contributed by atoms with Crippen molar-refractivity contribution in [1.29, 1.82) is 0 Å². The number of amides is 2. The van der Waals surface area contributed by atoms with Gasteiger partial charge in [-0.05, 0) is 42.0 Å². The fraction of sp³-hybridized carbons (Fsp3) is 0.400. The van der Waals surface area contributed by atoms with Crippen LogP contribution in [0.4, 0.5) is 4.79 Å². The van der Waals surface area contributed by atoms with Crippen LogP contribution in [-0.4, -0.2) is 53.5 Å². The summed E-state index contributed by atoms with van der Waals surface area (Å²) in [4.78, 5) is 36.7. The molecule has 184 valence electrons. The highest BCUT2D eigenvalue weighted by atomic mass is 16.5. The van der Waals surface area contributed by atoms with Gasteiger partial charge in [-0.25, -0.2) is 9.59 Å². The molecule has 0 bridgehead atoms. The van der Waals surface area contributed by atoms with Gasteiger partial charge >= 0.3 is 12.1 Å². The molecule has 3 atom stereocenters. The molecule has 4 N–H and O–H groups in total. The zero-order valence-corrected chi connectivity index (χ0v) is 19.6. The largest absolute Gasteiger partial charge is 0.497 e. The molecule has 0 aliphatic heterocycles.